The lowest BCUT2D eigenvalue weighted by atomic mass is 10.4. The summed E-state index contributed by atoms with van der Waals surface area (Å²) in [6.45, 7) is 0. The van der Waals surface area contributed by atoms with Gasteiger partial charge >= 0.3 is 0 Å². The van der Waals surface area contributed by atoms with Crippen LogP contribution in [-0.4, -0.2) is 19.4 Å². The number of carbonyl (C=O) groups excluding carboxylic acids is 1. The standard InChI is InChI=1S/C11H8Cl2N2O4S2/c12-6-1-7(13)3-9(2-6)21(18,19)15-11-14-5-8(20-11)4-10(16)17/h1-3,5H,4H2,(H,14,15)(H,16,17)/p-1. The maximum Gasteiger partial charge on any atom is 0.263 e. The third kappa shape index (κ3) is 4.31. The van der Waals surface area contributed by atoms with Crippen LogP contribution in [0, 0.1) is 0 Å². The van der Waals surface area contributed by atoms with Gasteiger partial charge in [0.15, 0.2) is 5.13 Å². The van der Waals surface area contributed by atoms with Crippen molar-refractivity contribution in [3.05, 3.63) is 39.3 Å². The molecule has 1 aromatic heterocycles. The van der Waals surface area contributed by atoms with Gasteiger partial charge in [-0.15, -0.1) is 11.3 Å². The molecule has 0 aliphatic heterocycles. The highest BCUT2D eigenvalue weighted by atomic mass is 35.5. The minimum Gasteiger partial charge on any atom is -0.550 e. The molecule has 0 fully saturated rings. The Labute approximate surface area is 134 Å². The number of aliphatic carboxylic acids is 1. The maximum absolute atomic E-state index is 12.1. The zero-order chi connectivity index (χ0) is 15.6. The number of carboxylic acid groups (broad SMARTS) is 1. The van der Waals surface area contributed by atoms with E-state index in [1.807, 2.05) is 0 Å². The Bertz CT molecular complexity index is 769. The first kappa shape index (κ1) is 16.0. The van der Waals surface area contributed by atoms with E-state index in [1.54, 1.807) is 0 Å². The molecule has 0 aliphatic carbocycles. The number of sulfonamides is 1. The molecule has 0 saturated heterocycles. The Morgan fingerprint density at radius 3 is 2.48 bits per heavy atom. The summed E-state index contributed by atoms with van der Waals surface area (Å²) in [6, 6.07) is 3.89. The Kier molecular flexibility index (Phi) is 4.72. The Morgan fingerprint density at radius 2 is 1.90 bits per heavy atom. The van der Waals surface area contributed by atoms with Gasteiger partial charge < -0.3 is 9.90 Å². The molecule has 0 atom stereocenters. The highest BCUT2D eigenvalue weighted by molar-refractivity contribution is 7.93. The van der Waals surface area contributed by atoms with Gasteiger partial charge in [0.25, 0.3) is 10.0 Å². The summed E-state index contributed by atoms with van der Waals surface area (Å²) in [5, 5.41) is 10.9. The zero-order valence-electron chi connectivity index (χ0n) is 10.2. The molecule has 1 heterocycles. The summed E-state index contributed by atoms with van der Waals surface area (Å²) >= 11 is 12.4. The van der Waals surface area contributed by atoms with Crippen molar-refractivity contribution in [2.45, 2.75) is 11.3 Å². The minimum absolute atomic E-state index is 0.0438. The number of aromatic nitrogens is 1. The van der Waals surface area contributed by atoms with E-state index in [9.17, 15) is 18.3 Å². The average molecular weight is 366 g/mol. The molecule has 10 heteroatoms. The molecule has 112 valence electrons. The molecule has 1 N–H and O–H groups in total. The largest absolute Gasteiger partial charge is 0.550 e. The number of benzene rings is 1. The van der Waals surface area contributed by atoms with Crippen molar-refractivity contribution in [3.63, 3.8) is 0 Å². The fourth-order valence-corrected chi connectivity index (χ4v) is 4.20. The van der Waals surface area contributed by atoms with Gasteiger partial charge in [-0.25, -0.2) is 13.4 Å². The summed E-state index contributed by atoms with van der Waals surface area (Å²) in [5.41, 5.74) is 0. The van der Waals surface area contributed by atoms with Crippen molar-refractivity contribution < 1.29 is 18.3 Å². The van der Waals surface area contributed by atoms with Crippen LogP contribution >= 0.6 is 34.5 Å². The van der Waals surface area contributed by atoms with Crippen LogP contribution in [0.5, 0.6) is 0 Å². The zero-order valence-corrected chi connectivity index (χ0v) is 13.3. The molecule has 0 spiro atoms. The van der Waals surface area contributed by atoms with Crippen molar-refractivity contribution in [1.29, 1.82) is 0 Å². The van der Waals surface area contributed by atoms with Gasteiger partial charge in [-0.1, -0.05) is 23.2 Å². The molecular formula is C11H7Cl2N2O4S2-. The van der Waals surface area contributed by atoms with E-state index in [4.69, 9.17) is 23.2 Å². The van der Waals surface area contributed by atoms with Crippen LogP contribution in [-0.2, 0) is 21.2 Å². The van der Waals surface area contributed by atoms with Crippen molar-refractivity contribution in [2.75, 3.05) is 4.72 Å². The van der Waals surface area contributed by atoms with Gasteiger partial charge in [0.2, 0.25) is 0 Å². The number of anilines is 1. The van der Waals surface area contributed by atoms with Crippen LogP contribution in [0.15, 0.2) is 29.3 Å². The third-order valence-corrected chi connectivity index (χ3v) is 5.04. The van der Waals surface area contributed by atoms with Crippen molar-refractivity contribution in [2.24, 2.45) is 0 Å². The first-order chi connectivity index (χ1) is 9.76. The number of hydrogen-bond donors (Lipinski definition) is 1. The Hall–Kier alpha value is -1.35. The van der Waals surface area contributed by atoms with Crippen LogP contribution in [0.4, 0.5) is 5.13 Å². The first-order valence-electron chi connectivity index (χ1n) is 5.40. The fraction of sp³-hybridized carbons (Fsp3) is 0.0909. The second kappa shape index (κ2) is 6.18. The van der Waals surface area contributed by atoms with E-state index in [0.717, 1.165) is 11.3 Å². The minimum atomic E-state index is -3.91. The number of halogens is 2. The molecule has 0 saturated carbocycles. The van der Waals surface area contributed by atoms with Crippen LogP contribution in [0.3, 0.4) is 0 Å². The molecule has 2 rings (SSSR count). The molecular weight excluding hydrogens is 359 g/mol. The number of thiazole rings is 1. The number of nitrogens with one attached hydrogen (secondary N) is 1. The average Bonchev–Trinajstić information content (AvgIpc) is 2.73. The lowest BCUT2D eigenvalue weighted by Gasteiger charge is -2.06. The summed E-state index contributed by atoms with van der Waals surface area (Å²) in [6.07, 6.45) is 0.936. The summed E-state index contributed by atoms with van der Waals surface area (Å²) in [4.78, 5) is 14.5. The van der Waals surface area contributed by atoms with Gasteiger partial charge in [0, 0.05) is 33.5 Å². The van der Waals surface area contributed by atoms with E-state index in [-0.39, 0.29) is 26.5 Å². The molecule has 0 aliphatic rings. The third-order valence-electron chi connectivity index (χ3n) is 2.24. The Balaban J connectivity index is 2.24. The summed E-state index contributed by atoms with van der Waals surface area (Å²) in [5.74, 6) is -1.27. The molecule has 0 bridgehead atoms. The Morgan fingerprint density at radius 1 is 1.29 bits per heavy atom. The van der Waals surface area contributed by atoms with E-state index in [0.29, 0.717) is 4.88 Å². The highest BCUT2D eigenvalue weighted by Gasteiger charge is 2.17. The second-order valence-electron chi connectivity index (χ2n) is 3.89. The first-order valence-corrected chi connectivity index (χ1v) is 8.45. The monoisotopic (exact) mass is 365 g/mol. The topological polar surface area (TPSA) is 99.2 Å². The quantitative estimate of drug-likeness (QED) is 0.866. The molecule has 21 heavy (non-hydrogen) atoms. The maximum atomic E-state index is 12.1. The van der Waals surface area contributed by atoms with E-state index < -0.39 is 16.0 Å². The SMILES string of the molecule is O=C([O-])Cc1cnc(NS(=O)(=O)c2cc(Cl)cc(Cl)c2)s1. The van der Waals surface area contributed by atoms with E-state index >= 15 is 0 Å². The second-order valence-corrected chi connectivity index (χ2v) is 7.56. The number of nitrogens with zero attached hydrogens (tertiary/aromatic N) is 1. The lowest BCUT2D eigenvalue weighted by molar-refractivity contribution is -0.304. The lowest BCUT2D eigenvalue weighted by Crippen LogP contribution is -2.23. The summed E-state index contributed by atoms with van der Waals surface area (Å²) in [7, 11) is -3.91. The molecule has 0 unspecified atom stereocenters. The van der Waals surface area contributed by atoms with Gasteiger partial charge in [-0.05, 0) is 18.2 Å². The van der Waals surface area contributed by atoms with Crippen LogP contribution < -0.4 is 9.83 Å². The van der Waals surface area contributed by atoms with Gasteiger partial charge in [-0.3, -0.25) is 4.72 Å². The number of rotatable bonds is 5. The van der Waals surface area contributed by atoms with Crippen LogP contribution in [0.2, 0.25) is 10.0 Å². The summed E-state index contributed by atoms with van der Waals surface area (Å²) < 4.78 is 26.5. The predicted molar refractivity (Wildman–Crippen MR) is 78.1 cm³/mol. The van der Waals surface area contributed by atoms with Gasteiger partial charge in [0.1, 0.15) is 0 Å². The van der Waals surface area contributed by atoms with Gasteiger partial charge in [0.05, 0.1) is 4.90 Å². The van der Waals surface area contributed by atoms with Crippen molar-refractivity contribution in [3.8, 4) is 0 Å². The fourth-order valence-electron chi connectivity index (χ4n) is 1.44. The van der Waals surface area contributed by atoms with Crippen LogP contribution in [0.25, 0.3) is 0 Å². The van der Waals surface area contributed by atoms with Crippen molar-refractivity contribution in [1.82, 2.24) is 4.98 Å². The predicted octanol–water partition coefficient (Wildman–Crippen LogP) is 1.54. The molecule has 2 aromatic rings. The van der Waals surface area contributed by atoms with E-state index in [2.05, 4.69) is 9.71 Å². The normalized spacial score (nSPS) is 11.3. The highest BCUT2D eigenvalue weighted by Crippen LogP contribution is 2.26. The van der Waals surface area contributed by atoms with Crippen molar-refractivity contribution >= 4 is 55.7 Å². The smallest absolute Gasteiger partial charge is 0.263 e. The molecule has 6 nitrogen and oxygen atoms in total. The van der Waals surface area contributed by atoms with Crippen LogP contribution in [0.1, 0.15) is 4.88 Å². The molecule has 0 amide bonds. The number of carbonyl (C=O) groups is 1. The molecule has 1 aromatic carbocycles. The van der Waals surface area contributed by atoms with E-state index in [1.165, 1.54) is 24.4 Å². The molecule has 0 radical (unpaired) electrons. The number of hydrogen-bond acceptors (Lipinski definition) is 6. The number of carboxylic acids is 1. The van der Waals surface area contributed by atoms with Gasteiger partial charge in [-0.2, -0.15) is 0 Å².